The van der Waals surface area contributed by atoms with Crippen molar-refractivity contribution in [2.75, 3.05) is 0 Å². The van der Waals surface area contributed by atoms with Crippen LogP contribution in [-0.4, -0.2) is 5.78 Å². The summed E-state index contributed by atoms with van der Waals surface area (Å²) in [7, 11) is 0. The Morgan fingerprint density at radius 3 is 2.82 bits per heavy atom. The van der Waals surface area contributed by atoms with Crippen molar-refractivity contribution in [3.8, 4) is 6.07 Å². The van der Waals surface area contributed by atoms with E-state index in [0.29, 0.717) is 5.57 Å². The Morgan fingerprint density at radius 1 is 1.73 bits per heavy atom. The predicted octanol–water partition coefficient (Wildman–Crippen LogP) is 1.21. The van der Waals surface area contributed by atoms with Crippen LogP contribution in [0.1, 0.15) is 6.42 Å². The summed E-state index contributed by atoms with van der Waals surface area (Å²) in [4.78, 5) is 13.6. The number of nitrogens with zero attached hydrogens (tertiary/aromatic N) is 2. The highest BCUT2D eigenvalue weighted by Gasteiger charge is 2.12. The molecule has 0 aliphatic heterocycles. The molecule has 0 saturated carbocycles. The van der Waals surface area contributed by atoms with Gasteiger partial charge in [0.15, 0.2) is 5.78 Å². The second-order valence-electron chi connectivity index (χ2n) is 2.07. The molecule has 0 saturated heterocycles. The van der Waals surface area contributed by atoms with Crippen molar-refractivity contribution in [1.29, 1.82) is 5.26 Å². The molecule has 11 heavy (non-hydrogen) atoms. The molecule has 0 unspecified atom stereocenters. The van der Waals surface area contributed by atoms with Crippen molar-refractivity contribution in [3.63, 3.8) is 0 Å². The molecular weight excluding hydrogens is 140 g/mol. The second-order valence-corrected chi connectivity index (χ2v) is 2.07. The fourth-order valence-corrected chi connectivity index (χ4v) is 0.830. The lowest BCUT2D eigenvalue weighted by atomic mass is 10.2. The summed E-state index contributed by atoms with van der Waals surface area (Å²) in [6, 6.07) is 1.74. The first kappa shape index (κ1) is 7.24. The topological polar surface area (TPSA) is 45.2 Å². The van der Waals surface area contributed by atoms with Crippen molar-refractivity contribution in [3.05, 3.63) is 34.8 Å². The molecule has 1 rings (SSSR count). The van der Waals surface area contributed by atoms with Crippen molar-refractivity contribution in [2.24, 2.45) is 0 Å². The average Bonchev–Trinajstić information content (AvgIpc) is 2.39. The van der Waals surface area contributed by atoms with E-state index in [1.807, 2.05) is 0 Å². The molecule has 0 aromatic rings. The van der Waals surface area contributed by atoms with Gasteiger partial charge in [0.25, 0.3) is 5.70 Å². The number of allylic oxidation sites excluding steroid dienone is 4. The fourth-order valence-electron chi connectivity index (χ4n) is 0.830. The maximum Gasteiger partial charge on any atom is 0.265 e. The van der Waals surface area contributed by atoms with Crippen LogP contribution in [-0.2, 0) is 4.79 Å². The van der Waals surface area contributed by atoms with Crippen LogP contribution in [0.3, 0.4) is 0 Å². The van der Waals surface area contributed by atoms with E-state index < -0.39 is 0 Å². The summed E-state index contributed by atoms with van der Waals surface area (Å²) < 4.78 is 0. The van der Waals surface area contributed by atoms with Gasteiger partial charge in [0, 0.05) is 6.42 Å². The van der Waals surface area contributed by atoms with Gasteiger partial charge < -0.3 is 0 Å². The normalized spacial score (nSPS) is 19.3. The number of nitriles is 1. The third kappa shape index (κ3) is 1.33. The summed E-state index contributed by atoms with van der Waals surface area (Å²) in [5.41, 5.74) is 0.555. The van der Waals surface area contributed by atoms with Crippen LogP contribution in [0.2, 0.25) is 0 Å². The van der Waals surface area contributed by atoms with Crippen LogP contribution in [0.5, 0.6) is 0 Å². The monoisotopic (exact) mass is 144 g/mol. The number of hydrogen-bond donors (Lipinski definition) is 0. The molecule has 0 heterocycles. The lowest BCUT2D eigenvalue weighted by Gasteiger charge is -1.88. The summed E-state index contributed by atoms with van der Waals surface area (Å²) in [6.45, 7) is 6.59. The van der Waals surface area contributed by atoms with E-state index in [-0.39, 0.29) is 17.9 Å². The third-order valence-electron chi connectivity index (χ3n) is 1.36. The molecule has 0 radical (unpaired) electrons. The zero-order valence-corrected chi connectivity index (χ0v) is 5.66. The maximum atomic E-state index is 10.7. The van der Waals surface area contributed by atoms with Gasteiger partial charge in [-0.3, -0.25) is 4.79 Å². The van der Waals surface area contributed by atoms with Gasteiger partial charge in [0.2, 0.25) is 0 Å². The van der Waals surface area contributed by atoms with E-state index >= 15 is 0 Å². The Morgan fingerprint density at radius 2 is 2.45 bits per heavy atom. The van der Waals surface area contributed by atoms with E-state index in [1.165, 1.54) is 12.2 Å². The molecule has 3 heteroatoms. The summed E-state index contributed by atoms with van der Waals surface area (Å²) in [6.07, 6.45) is 3.11. The summed E-state index contributed by atoms with van der Waals surface area (Å²) in [5.74, 6) is -0.0450. The summed E-state index contributed by atoms with van der Waals surface area (Å²) >= 11 is 0. The quantitative estimate of drug-likeness (QED) is 0.379. The largest absolute Gasteiger partial charge is 0.295 e. The number of carbonyl (C=O) groups excluding carboxylic acids is 1. The lowest BCUT2D eigenvalue weighted by Crippen LogP contribution is -1.86. The Bertz CT molecular complexity index is 320. The van der Waals surface area contributed by atoms with Gasteiger partial charge in [-0.05, 0) is 11.6 Å². The highest BCUT2D eigenvalue weighted by Crippen LogP contribution is 2.17. The van der Waals surface area contributed by atoms with E-state index in [9.17, 15) is 4.79 Å². The lowest BCUT2D eigenvalue weighted by molar-refractivity contribution is -0.113. The molecule has 0 aromatic carbocycles. The van der Waals surface area contributed by atoms with Crippen LogP contribution in [0.25, 0.3) is 4.85 Å². The van der Waals surface area contributed by atoms with Gasteiger partial charge in [-0.2, -0.15) is 0 Å². The van der Waals surface area contributed by atoms with Gasteiger partial charge in [0.1, 0.15) is 0 Å². The molecule has 0 aromatic heterocycles. The first-order valence-electron chi connectivity index (χ1n) is 2.99. The minimum atomic E-state index is -0.0450. The highest BCUT2D eigenvalue weighted by molar-refractivity contribution is 5.96. The van der Waals surface area contributed by atoms with Gasteiger partial charge in [0.05, 0.1) is 12.6 Å². The molecule has 0 atom stereocenters. The SMILES string of the molecule is [C-]#[N+]/C(C#N)=C1/C=CC(=O)C1. The molecular formula is C8H4N2O. The zero-order valence-electron chi connectivity index (χ0n) is 5.66. The zero-order chi connectivity index (χ0) is 8.27. The second kappa shape index (κ2) is 2.81. The standard InChI is InChI=1S/C8H4N2O/c1-10-8(5-9)6-2-3-7(11)4-6/h2-3H,4H2/b8-6-. The number of hydrogen-bond acceptors (Lipinski definition) is 2. The molecule has 0 N–H and O–H groups in total. The van der Waals surface area contributed by atoms with Crippen molar-refractivity contribution < 1.29 is 4.79 Å². The van der Waals surface area contributed by atoms with Gasteiger partial charge in [-0.15, -0.1) is 0 Å². The Balaban J connectivity index is 3.03. The van der Waals surface area contributed by atoms with Crippen LogP contribution < -0.4 is 0 Å². The van der Waals surface area contributed by atoms with Crippen LogP contribution in [0.4, 0.5) is 0 Å². The van der Waals surface area contributed by atoms with Gasteiger partial charge in [-0.25, -0.2) is 10.1 Å². The Kier molecular flexibility index (Phi) is 1.85. The van der Waals surface area contributed by atoms with Crippen molar-refractivity contribution >= 4 is 5.78 Å². The molecule has 1 aliphatic carbocycles. The average molecular weight is 144 g/mol. The van der Waals surface area contributed by atoms with Gasteiger partial charge in [-0.1, -0.05) is 6.08 Å². The Hall–Kier alpha value is -1.87. The number of rotatable bonds is 0. The third-order valence-corrected chi connectivity index (χ3v) is 1.36. The maximum absolute atomic E-state index is 10.7. The highest BCUT2D eigenvalue weighted by atomic mass is 16.1. The molecule has 0 bridgehead atoms. The molecule has 0 spiro atoms. The molecule has 0 fully saturated rings. The van der Waals surface area contributed by atoms with Gasteiger partial charge >= 0.3 is 0 Å². The minimum Gasteiger partial charge on any atom is -0.295 e. The molecule has 1 aliphatic rings. The van der Waals surface area contributed by atoms with E-state index in [0.717, 1.165) is 0 Å². The van der Waals surface area contributed by atoms with Crippen molar-refractivity contribution in [2.45, 2.75) is 6.42 Å². The predicted molar refractivity (Wildman–Crippen MR) is 38.0 cm³/mol. The van der Waals surface area contributed by atoms with Crippen LogP contribution in [0.15, 0.2) is 23.4 Å². The smallest absolute Gasteiger partial charge is 0.265 e. The molecule has 0 amide bonds. The number of carbonyl (C=O) groups is 1. The first-order chi connectivity index (χ1) is 5.27. The van der Waals surface area contributed by atoms with E-state index in [4.69, 9.17) is 11.8 Å². The first-order valence-corrected chi connectivity index (χ1v) is 2.99. The van der Waals surface area contributed by atoms with Crippen LogP contribution in [0, 0.1) is 17.9 Å². The summed E-state index contributed by atoms with van der Waals surface area (Å²) in [5, 5.41) is 8.41. The minimum absolute atomic E-state index is 0.0205. The van der Waals surface area contributed by atoms with E-state index in [1.54, 1.807) is 6.07 Å². The van der Waals surface area contributed by atoms with Crippen molar-refractivity contribution in [1.82, 2.24) is 0 Å². The van der Waals surface area contributed by atoms with Crippen LogP contribution >= 0.6 is 0 Å². The Labute approximate surface area is 64.1 Å². The van der Waals surface area contributed by atoms with E-state index in [2.05, 4.69) is 4.85 Å². The molecule has 3 nitrogen and oxygen atoms in total. The fraction of sp³-hybridized carbons (Fsp3) is 0.125. The number of ketones is 1. The molecule has 52 valence electrons.